The van der Waals surface area contributed by atoms with E-state index in [1.165, 1.54) is 4.90 Å². The van der Waals surface area contributed by atoms with Crippen molar-refractivity contribution in [3.8, 4) is 5.75 Å². The zero-order valence-electron chi connectivity index (χ0n) is 13.6. The molecule has 4 heterocycles. The first kappa shape index (κ1) is 15.1. The summed E-state index contributed by atoms with van der Waals surface area (Å²) in [5.74, 6) is -1.01. The predicted octanol–water partition coefficient (Wildman–Crippen LogP) is 0.881. The molecule has 5 rings (SSSR count). The Kier molecular flexibility index (Phi) is 3.10. The number of methoxy groups -OCH3 is 1. The van der Waals surface area contributed by atoms with E-state index in [0.29, 0.717) is 24.7 Å². The van der Waals surface area contributed by atoms with Gasteiger partial charge in [0.05, 0.1) is 44.0 Å². The lowest BCUT2D eigenvalue weighted by Crippen LogP contribution is -2.49. The Morgan fingerprint density at radius 3 is 2.52 bits per heavy atom. The van der Waals surface area contributed by atoms with Crippen LogP contribution in [0.1, 0.15) is 0 Å². The molecule has 0 aromatic heterocycles. The average Bonchev–Trinajstić information content (AvgIpc) is 3.39. The first-order chi connectivity index (χ1) is 12.2. The van der Waals surface area contributed by atoms with Crippen LogP contribution in [0.3, 0.4) is 0 Å². The second-order valence-corrected chi connectivity index (χ2v) is 6.58. The third kappa shape index (κ3) is 1.85. The van der Waals surface area contributed by atoms with Crippen molar-refractivity contribution in [1.29, 1.82) is 0 Å². The number of ether oxygens (including phenoxy) is 4. The molecule has 0 N–H and O–H groups in total. The molecule has 7 heteroatoms. The molecule has 25 heavy (non-hydrogen) atoms. The highest BCUT2D eigenvalue weighted by atomic mass is 16.7. The number of carbonyl (C=O) groups excluding carboxylic acids is 2. The second-order valence-electron chi connectivity index (χ2n) is 6.58. The van der Waals surface area contributed by atoms with Gasteiger partial charge >= 0.3 is 0 Å². The molecule has 0 unspecified atom stereocenters. The van der Waals surface area contributed by atoms with Gasteiger partial charge in [-0.15, -0.1) is 0 Å². The van der Waals surface area contributed by atoms with Crippen LogP contribution < -0.4 is 9.64 Å². The molecule has 0 aliphatic carbocycles. The Morgan fingerprint density at radius 2 is 1.84 bits per heavy atom. The normalized spacial score (nSPS) is 36.5. The summed E-state index contributed by atoms with van der Waals surface area (Å²) in [5.41, 5.74) is -0.479. The minimum absolute atomic E-state index is 0.241. The molecular weight excluding hydrogens is 326 g/mol. The first-order valence-electron chi connectivity index (χ1n) is 8.28. The van der Waals surface area contributed by atoms with Crippen molar-refractivity contribution in [2.75, 3.05) is 25.2 Å². The molecule has 4 atom stereocenters. The smallest absolute Gasteiger partial charge is 0.241 e. The molecule has 4 aliphatic heterocycles. The number of anilines is 1. The van der Waals surface area contributed by atoms with Gasteiger partial charge in [0.25, 0.3) is 0 Å². The molecular formula is C18H17NO6. The van der Waals surface area contributed by atoms with E-state index in [4.69, 9.17) is 18.9 Å². The Morgan fingerprint density at radius 1 is 1.12 bits per heavy atom. The van der Waals surface area contributed by atoms with Crippen molar-refractivity contribution < 1.29 is 28.5 Å². The summed E-state index contributed by atoms with van der Waals surface area (Å²) in [5, 5.41) is 0. The van der Waals surface area contributed by atoms with Crippen molar-refractivity contribution in [1.82, 2.24) is 0 Å². The Balaban J connectivity index is 1.53. The van der Waals surface area contributed by atoms with Gasteiger partial charge < -0.3 is 18.9 Å². The van der Waals surface area contributed by atoms with Gasteiger partial charge in [-0.05, 0) is 30.3 Å². The van der Waals surface area contributed by atoms with Gasteiger partial charge in [0, 0.05) is 0 Å². The molecule has 1 aromatic rings. The first-order valence-corrected chi connectivity index (χ1v) is 8.28. The van der Waals surface area contributed by atoms with Gasteiger partial charge in [0.15, 0.2) is 11.9 Å². The van der Waals surface area contributed by atoms with E-state index in [1.807, 2.05) is 12.2 Å². The van der Waals surface area contributed by atoms with Crippen molar-refractivity contribution in [2.45, 2.75) is 18.0 Å². The number of hydrogen-bond acceptors (Lipinski definition) is 6. The van der Waals surface area contributed by atoms with E-state index in [2.05, 4.69) is 0 Å². The highest BCUT2D eigenvalue weighted by Crippen LogP contribution is 2.55. The predicted molar refractivity (Wildman–Crippen MR) is 84.9 cm³/mol. The second kappa shape index (κ2) is 5.14. The van der Waals surface area contributed by atoms with E-state index in [-0.39, 0.29) is 11.8 Å². The summed E-state index contributed by atoms with van der Waals surface area (Å²) in [6.07, 6.45) is 2.60. The lowest BCUT2D eigenvalue weighted by Gasteiger charge is -2.32. The van der Waals surface area contributed by atoms with Crippen molar-refractivity contribution in [3.05, 3.63) is 36.4 Å². The van der Waals surface area contributed by atoms with Crippen molar-refractivity contribution >= 4 is 17.5 Å². The van der Waals surface area contributed by atoms with Crippen LogP contribution in [0.25, 0.3) is 0 Å². The number of hydrogen-bond donors (Lipinski definition) is 0. The fourth-order valence-electron chi connectivity index (χ4n) is 4.31. The number of nitrogens with zero attached hydrogens (tertiary/aromatic N) is 1. The Bertz CT molecular complexity index is 768. The number of benzene rings is 1. The molecule has 0 saturated carbocycles. The maximum Gasteiger partial charge on any atom is 0.241 e. The number of amides is 2. The van der Waals surface area contributed by atoms with Crippen LogP contribution in [0.2, 0.25) is 0 Å². The molecule has 4 aliphatic rings. The SMILES string of the molecule is COc1ccc(N2C(=O)[C@@H]3[C@@H](C2=O)[C@@]2(C4OCCO4)C=C[C@H]3O2)cc1. The number of rotatable bonds is 3. The summed E-state index contributed by atoms with van der Waals surface area (Å²) in [6.45, 7) is 0.909. The van der Waals surface area contributed by atoms with Gasteiger partial charge in [-0.1, -0.05) is 6.08 Å². The zero-order valence-corrected chi connectivity index (χ0v) is 13.6. The highest BCUT2D eigenvalue weighted by molar-refractivity contribution is 6.23. The molecule has 7 nitrogen and oxygen atoms in total. The quantitative estimate of drug-likeness (QED) is 0.599. The van der Waals surface area contributed by atoms with Crippen LogP contribution in [-0.2, 0) is 23.8 Å². The maximum absolute atomic E-state index is 13.2. The third-order valence-corrected chi connectivity index (χ3v) is 5.40. The average molecular weight is 343 g/mol. The molecule has 2 amide bonds. The molecule has 0 radical (unpaired) electrons. The summed E-state index contributed by atoms with van der Waals surface area (Å²) in [4.78, 5) is 27.4. The maximum atomic E-state index is 13.2. The number of imide groups is 1. The molecule has 130 valence electrons. The Labute approximate surface area is 144 Å². The van der Waals surface area contributed by atoms with Crippen molar-refractivity contribution in [3.63, 3.8) is 0 Å². The Hall–Kier alpha value is -2.22. The zero-order chi connectivity index (χ0) is 17.2. The van der Waals surface area contributed by atoms with E-state index < -0.39 is 29.8 Å². The number of fused-ring (bicyclic) bond motifs is 5. The van der Waals surface area contributed by atoms with Gasteiger partial charge in [0.2, 0.25) is 11.8 Å². The lowest BCUT2D eigenvalue weighted by atomic mass is 9.76. The van der Waals surface area contributed by atoms with Gasteiger partial charge in [0.1, 0.15) is 5.75 Å². The minimum Gasteiger partial charge on any atom is -0.497 e. The lowest BCUT2D eigenvalue weighted by molar-refractivity contribution is -0.180. The van der Waals surface area contributed by atoms with E-state index >= 15 is 0 Å². The van der Waals surface area contributed by atoms with Gasteiger partial charge in [-0.3, -0.25) is 9.59 Å². The van der Waals surface area contributed by atoms with Gasteiger partial charge in [-0.25, -0.2) is 4.90 Å². The molecule has 3 saturated heterocycles. The third-order valence-electron chi connectivity index (χ3n) is 5.40. The van der Waals surface area contributed by atoms with Crippen LogP contribution in [0.4, 0.5) is 5.69 Å². The van der Waals surface area contributed by atoms with Gasteiger partial charge in [-0.2, -0.15) is 0 Å². The summed E-state index contributed by atoms with van der Waals surface area (Å²) >= 11 is 0. The fraction of sp³-hybridized carbons (Fsp3) is 0.444. The van der Waals surface area contributed by atoms with Crippen LogP contribution >= 0.6 is 0 Å². The van der Waals surface area contributed by atoms with E-state index in [0.717, 1.165) is 0 Å². The molecule has 0 spiro atoms. The topological polar surface area (TPSA) is 74.3 Å². The van der Waals surface area contributed by atoms with Crippen LogP contribution in [0.5, 0.6) is 5.75 Å². The summed E-state index contributed by atoms with van der Waals surface area (Å²) in [6, 6.07) is 6.88. The number of carbonyl (C=O) groups is 2. The molecule has 2 bridgehead atoms. The minimum atomic E-state index is -1.01. The summed E-state index contributed by atoms with van der Waals surface area (Å²) in [7, 11) is 1.57. The van der Waals surface area contributed by atoms with E-state index in [1.54, 1.807) is 31.4 Å². The van der Waals surface area contributed by atoms with E-state index in [9.17, 15) is 9.59 Å². The van der Waals surface area contributed by atoms with Crippen LogP contribution in [0, 0.1) is 11.8 Å². The van der Waals surface area contributed by atoms with Crippen LogP contribution in [-0.4, -0.2) is 50.1 Å². The largest absolute Gasteiger partial charge is 0.497 e. The molecule has 1 aromatic carbocycles. The standard InChI is InChI=1S/C18H17NO6/c1-22-11-4-2-10(3-5-11)19-15(20)13-12-6-7-18(25-12,14(13)16(19)21)17-23-8-9-24-17/h2-7,12-14,17H,8-9H2,1H3/t12-,13+,14+,18-/m1/s1. The van der Waals surface area contributed by atoms with Crippen molar-refractivity contribution in [2.24, 2.45) is 11.8 Å². The highest BCUT2D eigenvalue weighted by Gasteiger charge is 2.71. The molecule has 3 fully saturated rings. The fourth-order valence-corrected chi connectivity index (χ4v) is 4.31. The summed E-state index contributed by atoms with van der Waals surface area (Å²) < 4.78 is 22.4. The monoisotopic (exact) mass is 343 g/mol. The van der Waals surface area contributed by atoms with Crippen LogP contribution in [0.15, 0.2) is 36.4 Å².